The van der Waals surface area contributed by atoms with Crippen molar-refractivity contribution in [2.75, 3.05) is 6.54 Å². The van der Waals surface area contributed by atoms with Gasteiger partial charge in [-0.25, -0.2) is 13.1 Å². The van der Waals surface area contributed by atoms with Crippen LogP contribution in [0.5, 0.6) is 0 Å². The van der Waals surface area contributed by atoms with Gasteiger partial charge in [-0.3, -0.25) is 4.79 Å². The normalized spacial score (nSPS) is 11.4. The molecule has 0 atom stereocenters. The maximum atomic E-state index is 12.3. The maximum Gasteiger partial charge on any atom is 0.240 e. The quantitative estimate of drug-likeness (QED) is 0.660. The summed E-state index contributed by atoms with van der Waals surface area (Å²) in [6, 6.07) is 19.3. The Bertz CT molecular complexity index is 945. The lowest BCUT2D eigenvalue weighted by Gasteiger charge is -2.07. The third kappa shape index (κ3) is 4.23. The van der Waals surface area contributed by atoms with E-state index in [1.165, 1.54) is 12.1 Å². The molecule has 0 aliphatic carbocycles. The van der Waals surface area contributed by atoms with Gasteiger partial charge in [0.2, 0.25) is 10.0 Å². The minimum atomic E-state index is -3.57. The van der Waals surface area contributed by atoms with E-state index in [1.807, 2.05) is 30.3 Å². The van der Waals surface area contributed by atoms with Crippen LogP contribution < -0.4 is 4.72 Å². The van der Waals surface area contributed by atoms with Gasteiger partial charge in [-0.2, -0.15) is 0 Å². The molecule has 0 saturated carbocycles. The maximum absolute atomic E-state index is 12.3. The second-order valence-corrected chi connectivity index (χ2v) is 7.24. The number of benzene rings is 2. The van der Waals surface area contributed by atoms with Gasteiger partial charge in [-0.15, -0.1) is 0 Å². The van der Waals surface area contributed by atoms with Gasteiger partial charge in [-0.1, -0.05) is 30.3 Å². The first-order valence-electron chi connectivity index (χ1n) is 7.77. The van der Waals surface area contributed by atoms with Crippen LogP contribution in [0.15, 0.2) is 76.0 Å². The average Bonchev–Trinajstić information content (AvgIpc) is 3.12. The first kappa shape index (κ1) is 17.1. The molecule has 0 amide bonds. The smallest absolute Gasteiger partial charge is 0.240 e. The van der Waals surface area contributed by atoms with Crippen LogP contribution in [0.25, 0.3) is 11.3 Å². The Labute approximate surface area is 146 Å². The molecule has 6 heteroatoms. The van der Waals surface area contributed by atoms with Gasteiger partial charge in [0.1, 0.15) is 5.76 Å². The molecule has 0 bridgehead atoms. The lowest BCUT2D eigenvalue weighted by atomic mass is 10.2. The van der Waals surface area contributed by atoms with Crippen LogP contribution in [-0.2, 0) is 16.4 Å². The predicted octanol–water partition coefficient (Wildman–Crippen LogP) is 3.28. The van der Waals surface area contributed by atoms with E-state index in [2.05, 4.69) is 4.72 Å². The Morgan fingerprint density at radius 3 is 2.28 bits per heavy atom. The molecule has 0 saturated heterocycles. The Balaban J connectivity index is 1.66. The number of aldehydes is 1. The van der Waals surface area contributed by atoms with Crippen molar-refractivity contribution in [1.82, 2.24) is 4.72 Å². The summed E-state index contributed by atoms with van der Waals surface area (Å²) in [6.45, 7) is 0.328. The van der Waals surface area contributed by atoms with Crippen molar-refractivity contribution in [1.29, 1.82) is 0 Å². The topological polar surface area (TPSA) is 76.4 Å². The highest BCUT2D eigenvalue weighted by molar-refractivity contribution is 7.89. The lowest BCUT2D eigenvalue weighted by Crippen LogP contribution is -2.25. The molecule has 3 rings (SSSR count). The van der Waals surface area contributed by atoms with E-state index < -0.39 is 10.0 Å². The van der Waals surface area contributed by atoms with Gasteiger partial charge in [-0.05, 0) is 48.4 Å². The molecule has 0 radical (unpaired) electrons. The molecule has 5 nitrogen and oxygen atoms in total. The third-order valence-corrected chi connectivity index (χ3v) is 5.22. The summed E-state index contributed by atoms with van der Waals surface area (Å²) >= 11 is 0. The number of nitrogens with one attached hydrogen (secondary N) is 1. The van der Waals surface area contributed by atoms with Gasteiger partial charge >= 0.3 is 0 Å². The van der Waals surface area contributed by atoms with E-state index in [-0.39, 0.29) is 10.7 Å². The minimum absolute atomic E-state index is 0.187. The molecular weight excluding hydrogens is 338 g/mol. The van der Waals surface area contributed by atoms with Crippen molar-refractivity contribution < 1.29 is 17.6 Å². The van der Waals surface area contributed by atoms with Crippen molar-refractivity contribution in [3.63, 3.8) is 0 Å². The van der Waals surface area contributed by atoms with Crippen molar-refractivity contribution in [3.05, 3.63) is 78.1 Å². The fourth-order valence-electron chi connectivity index (χ4n) is 2.43. The number of sulfonamides is 1. The van der Waals surface area contributed by atoms with Gasteiger partial charge in [0.15, 0.2) is 12.0 Å². The summed E-state index contributed by atoms with van der Waals surface area (Å²) in [7, 11) is -3.57. The molecule has 0 spiro atoms. The van der Waals surface area contributed by atoms with Crippen LogP contribution in [0.4, 0.5) is 0 Å². The summed E-state index contributed by atoms with van der Waals surface area (Å²) in [5.41, 5.74) is 1.78. The summed E-state index contributed by atoms with van der Waals surface area (Å²) in [5, 5.41) is 0. The van der Waals surface area contributed by atoms with E-state index in [9.17, 15) is 13.2 Å². The van der Waals surface area contributed by atoms with Crippen LogP contribution in [0, 0.1) is 0 Å². The molecule has 0 aliphatic rings. The number of hydrogen-bond donors (Lipinski definition) is 1. The third-order valence-electron chi connectivity index (χ3n) is 3.74. The zero-order valence-electron chi connectivity index (χ0n) is 13.4. The zero-order chi connectivity index (χ0) is 17.7. The molecule has 2 aromatic carbocycles. The fourth-order valence-corrected chi connectivity index (χ4v) is 3.46. The standard InChI is InChI=1S/C19H17NO4S/c21-14-17-8-11-19(24-17)16-6-9-18(10-7-16)25(22,23)20-13-12-15-4-2-1-3-5-15/h1-11,14,20H,12-13H2. The molecule has 1 N–H and O–H groups in total. The Morgan fingerprint density at radius 2 is 1.64 bits per heavy atom. The Morgan fingerprint density at radius 1 is 0.920 bits per heavy atom. The highest BCUT2D eigenvalue weighted by atomic mass is 32.2. The summed E-state index contributed by atoms with van der Waals surface area (Å²) < 4.78 is 32.6. The van der Waals surface area contributed by atoms with E-state index in [0.717, 1.165) is 5.56 Å². The lowest BCUT2D eigenvalue weighted by molar-refractivity contribution is 0.110. The van der Waals surface area contributed by atoms with E-state index in [1.54, 1.807) is 24.3 Å². The largest absolute Gasteiger partial charge is 0.453 e. The summed E-state index contributed by atoms with van der Waals surface area (Å²) in [4.78, 5) is 10.8. The second kappa shape index (κ2) is 7.46. The Kier molecular flexibility index (Phi) is 5.11. The molecular formula is C19H17NO4S. The van der Waals surface area contributed by atoms with Gasteiger partial charge in [0, 0.05) is 12.1 Å². The summed E-state index contributed by atoms with van der Waals surface area (Å²) in [6.07, 6.45) is 1.25. The first-order valence-corrected chi connectivity index (χ1v) is 9.26. The fraction of sp³-hybridized carbons (Fsp3) is 0.105. The van der Waals surface area contributed by atoms with E-state index >= 15 is 0 Å². The van der Waals surface area contributed by atoms with Crippen molar-refractivity contribution in [2.45, 2.75) is 11.3 Å². The van der Waals surface area contributed by atoms with Crippen molar-refractivity contribution in [2.24, 2.45) is 0 Å². The van der Waals surface area contributed by atoms with Crippen LogP contribution in [0.2, 0.25) is 0 Å². The zero-order valence-corrected chi connectivity index (χ0v) is 14.2. The highest BCUT2D eigenvalue weighted by Crippen LogP contribution is 2.23. The highest BCUT2D eigenvalue weighted by Gasteiger charge is 2.14. The molecule has 0 fully saturated rings. The first-order chi connectivity index (χ1) is 12.1. The number of rotatable bonds is 7. The molecule has 128 valence electrons. The number of carbonyl (C=O) groups excluding carboxylic acids is 1. The number of carbonyl (C=O) groups is 1. The van der Waals surface area contributed by atoms with E-state index in [0.29, 0.717) is 30.6 Å². The van der Waals surface area contributed by atoms with Gasteiger partial charge in [0.25, 0.3) is 0 Å². The number of furan rings is 1. The van der Waals surface area contributed by atoms with Crippen LogP contribution >= 0.6 is 0 Å². The monoisotopic (exact) mass is 355 g/mol. The molecule has 0 unspecified atom stereocenters. The van der Waals surface area contributed by atoms with E-state index in [4.69, 9.17) is 4.42 Å². The van der Waals surface area contributed by atoms with Crippen LogP contribution in [0.3, 0.4) is 0 Å². The second-order valence-electron chi connectivity index (χ2n) is 5.48. The average molecular weight is 355 g/mol. The SMILES string of the molecule is O=Cc1ccc(-c2ccc(S(=O)(=O)NCCc3ccccc3)cc2)o1. The van der Waals surface area contributed by atoms with Gasteiger partial charge in [0.05, 0.1) is 4.90 Å². The van der Waals surface area contributed by atoms with Crippen LogP contribution in [0.1, 0.15) is 16.1 Å². The molecule has 3 aromatic rings. The number of hydrogen-bond acceptors (Lipinski definition) is 4. The summed E-state index contributed by atoms with van der Waals surface area (Å²) in [5.74, 6) is 0.748. The molecule has 25 heavy (non-hydrogen) atoms. The van der Waals surface area contributed by atoms with Crippen LogP contribution in [-0.4, -0.2) is 21.2 Å². The molecule has 1 heterocycles. The van der Waals surface area contributed by atoms with Gasteiger partial charge < -0.3 is 4.42 Å². The predicted molar refractivity (Wildman–Crippen MR) is 94.9 cm³/mol. The minimum Gasteiger partial charge on any atom is -0.453 e. The molecule has 0 aliphatic heterocycles. The Hall–Kier alpha value is -2.70. The molecule has 1 aromatic heterocycles. The van der Waals surface area contributed by atoms with Crippen molar-refractivity contribution >= 4 is 16.3 Å². The van der Waals surface area contributed by atoms with Crippen molar-refractivity contribution in [3.8, 4) is 11.3 Å².